The van der Waals surface area contributed by atoms with Crippen LogP contribution in [0.1, 0.15) is 38.2 Å². The van der Waals surface area contributed by atoms with Crippen LogP contribution in [0.5, 0.6) is 0 Å². The molecule has 1 aromatic rings. The van der Waals surface area contributed by atoms with Crippen molar-refractivity contribution in [3.63, 3.8) is 0 Å². The van der Waals surface area contributed by atoms with Crippen LogP contribution in [0.3, 0.4) is 0 Å². The van der Waals surface area contributed by atoms with Crippen LogP contribution in [0.25, 0.3) is 0 Å². The maximum atomic E-state index is 4.46. The molecule has 2 aliphatic heterocycles. The van der Waals surface area contributed by atoms with E-state index >= 15 is 0 Å². The summed E-state index contributed by atoms with van der Waals surface area (Å²) in [7, 11) is 4.11. The number of halogens is 1. The molecule has 6 nitrogen and oxygen atoms in total. The molecule has 2 unspecified atom stereocenters. The molecule has 2 saturated heterocycles. The van der Waals surface area contributed by atoms with Gasteiger partial charge in [0.15, 0.2) is 5.96 Å². The third-order valence-corrected chi connectivity index (χ3v) is 6.56. The lowest BCUT2D eigenvalue weighted by Crippen LogP contribution is -2.51. The third kappa shape index (κ3) is 9.24. The largest absolute Gasteiger partial charge is 0.356 e. The minimum Gasteiger partial charge on any atom is -0.356 e. The molecule has 0 saturated carbocycles. The minimum atomic E-state index is 0. The highest BCUT2D eigenvalue weighted by Crippen LogP contribution is 2.19. The first-order chi connectivity index (χ1) is 14.6. The highest BCUT2D eigenvalue weighted by Gasteiger charge is 2.25. The summed E-state index contributed by atoms with van der Waals surface area (Å²) in [5.41, 5.74) is 1.41. The van der Waals surface area contributed by atoms with Gasteiger partial charge in [-0.2, -0.15) is 0 Å². The second-order valence-electron chi connectivity index (χ2n) is 9.02. The average Bonchev–Trinajstić information content (AvgIpc) is 2.97. The van der Waals surface area contributed by atoms with E-state index < -0.39 is 0 Å². The van der Waals surface area contributed by atoms with Gasteiger partial charge in [0.05, 0.1) is 0 Å². The average molecular weight is 543 g/mol. The summed E-state index contributed by atoms with van der Waals surface area (Å²) in [6, 6.07) is 11.9. The van der Waals surface area contributed by atoms with Crippen molar-refractivity contribution in [2.75, 3.05) is 59.9 Å². The van der Waals surface area contributed by atoms with Crippen LogP contribution in [0.2, 0.25) is 0 Å². The summed E-state index contributed by atoms with van der Waals surface area (Å²) in [6.07, 6.45) is 4.78. The van der Waals surface area contributed by atoms with Gasteiger partial charge in [0.25, 0.3) is 0 Å². The second kappa shape index (κ2) is 14.3. The fraction of sp³-hybridized carbons (Fsp3) is 0.708. The lowest BCUT2D eigenvalue weighted by Gasteiger charge is -2.38. The first kappa shape index (κ1) is 26.4. The number of nitrogens with zero attached hydrogens (tertiary/aromatic N) is 4. The molecule has 1 aromatic carbocycles. The molecule has 0 spiro atoms. The molecule has 2 aliphatic rings. The van der Waals surface area contributed by atoms with E-state index in [0.29, 0.717) is 12.1 Å². The van der Waals surface area contributed by atoms with Crippen LogP contribution >= 0.6 is 24.0 Å². The Labute approximate surface area is 206 Å². The van der Waals surface area contributed by atoms with Gasteiger partial charge in [-0.15, -0.1) is 24.0 Å². The van der Waals surface area contributed by atoms with Crippen LogP contribution in [-0.2, 0) is 6.54 Å². The highest BCUT2D eigenvalue weighted by atomic mass is 127. The number of hydrogen-bond acceptors (Lipinski definition) is 4. The fourth-order valence-electron chi connectivity index (χ4n) is 4.63. The van der Waals surface area contributed by atoms with Gasteiger partial charge in [-0.3, -0.25) is 9.89 Å². The number of likely N-dealkylation sites (N-methyl/N-ethyl adjacent to an activating group) is 1. The Morgan fingerprint density at radius 3 is 2.65 bits per heavy atom. The molecular weight excluding hydrogens is 499 g/mol. The van der Waals surface area contributed by atoms with Crippen molar-refractivity contribution in [1.29, 1.82) is 0 Å². The van der Waals surface area contributed by atoms with Gasteiger partial charge in [0.1, 0.15) is 0 Å². The lowest BCUT2D eigenvalue weighted by atomic mass is 9.97. The molecule has 0 aromatic heterocycles. The van der Waals surface area contributed by atoms with Gasteiger partial charge < -0.3 is 20.4 Å². The fourth-order valence-corrected chi connectivity index (χ4v) is 4.63. The van der Waals surface area contributed by atoms with E-state index in [1.807, 2.05) is 7.05 Å². The SMILES string of the molecule is CN=C(NCCCN1CCCN(C)CC1)NC1CCN(Cc2ccccc2)C(C)C1.I. The van der Waals surface area contributed by atoms with E-state index in [0.717, 1.165) is 38.4 Å². The van der Waals surface area contributed by atoms with Crippen LogP contribution in [0, 0.1) is 0 Å². The topological polar surface area (TPSA) is 46.1 Å². The maximum Gasteiger partial charge on any atom is 0.191 e. The van der Waals surface area contributed by atoms with Crippen molar-refractivity contribution >= 4 is 29.9 Å². The summed E-state index contributed by atoms with van der Waals surface area (Å²) in [6.45, 7) is 11.5. The standard InChI is InChI=1S/C24H42N6.HI/c1-21-19-23(11-16-30(21)20-22-9-5-4-6-10-22)27-24(25-2)26-12-7-14-29-15-8-13-28(3)17-18-29;/h4-6,9-10,21,23H,7-8,11-20H2,1-3H3,(H2,25,26,27);1H. The normalized spacial score (nSPS) is 24.3. The van der Waals surface area contributed by atoms with Crippen LogP contribution in [0.4, 0.5) is 0 Å². The van der Waals surface area contributed by atoms with Crippen LogP contribution in [0.15, 0.2) is 35.3 Å². The number of guanidine groups is 1. The number of nitrogens with one attached hydrogen (secondary N) is 2. The quantitative estimate of drug-likeness (QED) is 0.240. The summed E-state index contributed by atoms with van der Waals surface area (Å²) < 4.78 is 0. The van der Waals surface area contributed by atoms with E-state index in [2.05, 4.69) is 74.6 Å². The van der Waals surface area contributed by atoms with Crippen molar-refractivity contribution in [3.05, 3.63) is 35.9 Å². The van der Waals surface area contributed by atoms with E-state index in [1.165, 1.54) is 51.1 Å². The van der Waals surface area contributed by atoms with Crippen LogP contribution < -0.4 is 10.6 Å². The summed E-state index contributed by atoms with van der Waals surface area (Å²) in [5.74, 6) is 0.958. The molecule has 0 radical (unpaired) electrons. The zero-order valence-electron chi connectivity index (χ0n) is 19.7. The van der Waals surface area contributed by atoms with E-state index in [-0.39, 0.29) is 24.0 Å². The van der Waals surface area contributed by atoms with Crippen molar-refractivity contribution in [2.45, 2.75) is 51.2 Å². The molecule has 0 amide bonds. The predicted molar refractivity (Wildman–Crippen MR) is 142 cm³/mol. The smallest absolute Gasteiger partial charge is 0.191 e. The van der Waals surface area contributed by atoms with E-state index in [9.17, 15) is 0 Å². The van der Waals surface area contributed by atoms with Gasteiger partial charge >= 0.3 is 0 Å². The predicted octanol–water partition coefficient (Wildman–Crippen LogP) is 2.85. The first-order valence-electron chi connectivity index (χ1n) is 11.8. The molecular formula is C24H43IN6. The number of piperidine rings is 1. The third-order valence-electron chi connectivity index (χ3n) is 6.56. The Balaban J connectivity index is 0.00000341. The van der Waals surface area contributed by atoms with Crippen molar-refractivity contribution in [2.24, 2.45) is 4.99 Å². The molecule has 2 atom stereocenters. The molecule has 0 aliphatic carbocycles. The minimum absolute atomic E-state index is 0. The Morgan fingerprint density at radius 2 is 1.90 bits per heavy atom. The van der Waals surface area contributed by atoms with Gasteiger partial charge in [-0.05, 0) is 64.9 Å². The monoisotopic (exact) mass is 542 g/mol. The number of benzene rings is 1. The molecule has 2 fully saturated rings. The number of hydrogen-bond donors (Lipinski definition) is 2. The van der Waals surface area contributed by atoms with Gasteiger partial charge in [0, 0.05) is 51.9 Å². The lowest BCUT2D eigenvalue weighted by molar-refractivity contribution is 0.134. The van der Waals surface area contributed by atoms with Crippen molar-refractivity contribution in [3.8, 4) is 0 Å². The molecule has 2 heterocycles. The maximum absolute atomic E-state index is 4.46. The second-order valence-corrected chi connectivity index (χ2v) is 9.02. The highest BCUT2D eigenvalue weighted by molar-refractivity contribution is 14.0. The molecule has 31 heavy (non-hydrogen) atoms. The zero-order chi connectivity index (χ0) is 21.2. The summed E-state index contributed by atoms with van der Waals surface area (Å²) >= 11 is 0. The first-order valence-corrected chi connectivity index (χ1v) is 11.8. The van der Waals surface area contributed by atoms with Gasteiger partial charge in [-0.1, -0.05) is 30.3 Å². The number of rotatable bonds is 7. The Hall–Kier alpha value is -0.900. The summed E-state index contributed by atoms with van der Waals surface area (Å²) in [5, 5.41) is 7.20. The Kier molecular flexibility index (Phi) is 12.1. The zero-order valence-corrected chi connectivity index (χ0v) is 22.1. The molecule has 176 valence electrons. The number of likely N-dealkylation sites (tertiary alicyclic amines) is 1. The Bertz CT molecular complexity index is 640. The molecule has 3 rings (SSSR count). The van der Waals surface area contributed by atoms with Crippen molar-refractivity contribution < 1.29 is 0 Å². The molecule has 0 bridgehead atoms. The Morgan fingerprint density at radius 1 is 1.10 bits per heavy atom. The summed E-state index contributed by atoms with van der Waals surface area (Å²) in [4.78, 5) is 12.1. The van der Waals surface area contributed by atoms with Crippen molar-refractivity contribution in [1.82, 2.24) is 25.3 Å². The van der Waals surface area contributed by atoms with Crippen LogP contribution in [-0.4, -0.2) is 92.7 Å². The van der Waals surface area contributed by atoms with E-state index in [1.54, 1.807) is 0 Å². The number of aliphatic imine (C=N–C) groups is 1. The van der Waals surface area contributed by atoms with Gasteiger partial charge in [0.2, 0.25) is 0 Å². The molecule has 7 heteroatoms. The van der Waals surface area contributed by atoms with Gasteiger partial charge in [-0.25, -0.2) is 0 Å². The molecule has 2 N–H and O–H groups in total. The van der Waals surface area contributed by atoms with E-state index in [4.69, 9.17) is 0 Å².